The van der Waals surface area contributed by atoms with Crippen molar-refractivity contribution in [3.05, 3.63) is 75.1 Å². The van der Waals surface area contributed by atoms with Gasteiger partial charge in [-0.05, 0) is 41.9 Å². The zero-order valence-corrected chi connectivity index (χ0v) is 21.1. The van der Waals surface area contributed by atoms with Crippen molar-refractivity contribution in [1.82, 2.24) is 0 Å². The summed E-state index contributed by atoms with van der Waals surface area (Å²) in [6, 6.07) is 17.8. The molecule has 5 heterocycles. The van der Waals surface area contributed by atoms with Gasteiger partial charge in [0.2, 0.25) is 5.60 Å². The summed E-state index contributed by atoms with van der Waals surface area (Å²) in [7, 11) is 0. The molecule has 3 aliphatic rings. The molecule has 3 aromatic rings. The third-order valence-corrected chi connectivity index (χ3v) is 9.62. The average Bonchev–Trinajstić information content (AvgIpc) is 3.58. The Morgan fingerprint density at radius 1 is 1.09 bits per heavy atom. The quantitative estimate of drug-likeness (QED) is 0.255. The Balaban J connectivity index is 1.27. The van der Waals surface area contributed by atoms with Crippen LogP contribution in [0.1, 0.15) is 35.9 Å². The molecule has 1 aromatic carbocycles. The molecule has 7 heteroatoms. The van der Waals surface area contributed by atoms with Crippen LogP contribution in [0.2, 0.25) is 0 Å². The van der Waals surface area contributed by atoms with E-state index in [1.54, 1.807) is 0 Å². The van der Waals surface area contributed by atoms with Crippen LogP contribution < -0.4 is 4.74 Å². The van der Waals surface area contributed by atoms with Crippen LogP contribution in [-0.4, -0.2) is 53.9 Å². The van der Waals surface area contributed by atoms with Gasteiger partial charge in [-0.3, -0.25) is 0 Å². The lowest BCUT2D eigenvalue weighted by molar-refractivity contribution is -0.967. The Morgan fingerprint density at radius 3 is 2.41 bits per heavy atom. The third-order valence-electron chi connectivity index (χ3n) is 7.66. The normalized spacial score (nSPS) is 26.4. The van der Waals surface area contributed by atoms with Crippen molar-refractivity contribution in [1.29, 1.82) is 0 Å². The lowest BCUT2D eigenvalue weighted by Crippen LogP contribution is -2.69. The summed E-state index contributed by atoms with van der Waals surface area (Å²) in [6.07, 6.45) is 2.89. The van der Waals surface area contributed by atoms with Crippen LogP contribution in [0.15, 0.2) is 65.4 Å². The number of thiophene rings is 2. The van der Waals surface area contributed by atoms with Gasteiger partial charge in [0, 0.05) is 25.2 Å². The van der Waals surface area contributed by atoms with Crippen LogP contribution in [-0.2, 0) is 15.1 Å². The van der Waals surface area contributed by atoms with Crippen LogP contribution >= 0.6 is 22.7 Å². The number of piperidine rings is 3. The fourth-order valence-corrected chi connectivity index (χ4v) is 7.41. The molecular formula is C27H32NO4S2+. The number of hydrogen-bond donors (Lipinski definition) is 1. The van der Waals surface area contributed by atoms with Crippen LogP contribution in [0.5, 0.6) is 5.75 Å². The highest BCUT2D eigenvalue weighted by atomic mass is 32.1. The molecular weight excluding hydrogens is 466 g/mol. The molecule has 0 radical (unpaired) electrons. The van der Waals surface area contributed by atoms with Crippen molar-refractivity contribution >= 4 is 28.6 Å². The second kappa shape index (κ2) is 9.82. The highest BCUT2D eigenvalue weighted by molar-refractivity contribution is 7.12. The Bertz CT molecular complexity index is 1040. The molecule has 180 valence electrons. The Hall–Kier alpha value is -2.19. The number of para-hydroxylation sites is 1. The van der Waals surface area contributed by atoms with Gasteiger partial charge < -0.3 is 19.1 Å². The first-order chi connectivity index (χ1) is 16.5. The first kappa shape index (κ1) is 23.5. The number of esters is 1. The fraction of sp³-hybridized carbons (Fsp3) is 0.444. The number of ether oxygens (including phenoxy) is 2. The van der Waals surface area contributed by atoms with E-state index in [2.05, 4.69) is 6.92 Å². The summed E-state index contributed by atoms with van der Waals surface area (Å²) < 4.78 is 13.1. The number of hydrogen-bond acceptors (Lipinski definition) is 6. The summed E-state index contributed by atoms with van der Waals surface area (Å²) in [5.74, 6) is 0.714. The summed E-state index contributed by atoms with van der Waals surface area (Å²) in [4.78, 5) is 14.7. The van der Waals surface area contributed by atoms with Crippen molar-refractivity contribution in [2.45, 2.75) is 43.9 Å². The molecule has 3 saturated heterocycles. The van der Waals surface area contributed by atoms with Gasteiger partial charge in [-0.1, -0.05) is 30.3 Å². The highest BCUT2D eigenvalue weighted by Gasteiger charge is 2.53. The Kier molecular flexibility index (Phi) is 6.80. The number of fused-ring (bicyclic) bond motifs is 3. The smallest absolute Gasteiger partial charge is 0.349 e. The third kappa shape index (κ3) is 4.42. The molecule has 3 aliphatic heterocycles. The monoisotopic (exact) mass is 498 g/mol. The van der Waals surface area contributed by atoms with Gasteiger partial charge in [-0.2, -0.15) is 0 Å². The van der Waals surface area contributed by atoms with Crippen molar-refractivity contribution in [3.63, 3.8) is 0 Å². The average molecular weight is 499 g/mol. The zero-order chi connectivity index (χ0) is 23.6. The molecule has 34 heavy (non-hydrogen) atoms. The molecule has 2 aromatic heterocycles. The van der Waals surface area contributed by atoms with Crippen LogP contribution in [0.3, 0.4) is 0 Å². The minimum atomic E-state index is -1.74. The molecule has 1 N–H and O–H groups in total. The lowest BCUT2D eigenvalue weighted by atomic mass is 9.78. The highest BCUT2D eigenvalue weighted by Crippen LogP contribution is 2.42. The Labute approximate surface area is 209 Å². The maximum Gasteiger partial charge on any atom is 0.349 e. The summed E-state index contributed by atoms with van der Waals surface area (Å²) in [5, 5.41) is 15.4. The molecule has 3 fully saturated rings. The van der Waals surface area contributed by atoms with Crippen molar-refractivity contribution < 1.29 is 23.9 Å². The first-order valence-corrected chi connectivity index (χ1v) is 13.8. The van der Waals surface area contributed by atoms with Crippen LogP contribution in [0.25, 0.3) is 0 Å². The molecule has 6 rings (SSSR count). The number of nitrogens with zero attached hydrogens (tertiary/aromatic N) is 1. The predicted molar refractivity (Wildman–Crippen MR) is 135 cm³/mol. The van der Waals surface area contributed by atoms with E-state index in [4.69, 9.17) is 9.47 Å². The topological polar surface area (TPSA) is 55.8 Å². The van der Waals surface area contributed by atoms with Gasteiger partial charge in [0.25, 0.3) is 0 Å². The first-order valence-electron chi connectivity index (χ1n) is 12.1. The van der Waals surface area contributed by atoms with Gasteiger partial charge in [0.1, 0.15) is 12.3 Å². The number of aliphatic hydroxyl groups is 1. The van der Waals surface area contributed by atoms with E-state index in [9.17, 15) is 9.90 Å². The van der Waals surface area contributed by atoms with E-state index < -0.39 is 11.6 Å². The van der Waals surface area contributed by atoms with Gasteiger partial charge in [0.05, 0.1) is 35.5 Å². The molecule has 0 spiro atoms. The molecule has 5 nitrogen and oxygen atoms in total. The van der Waals surface area contributed by atoms with E-state index in [1.165, 1.54) is 22.7 Å². The van der Waals surface area contributed by atoms with E-state index in [0.717, 1.165) is 49.1 Å². The number of quaternary nitrogens is 1. The largest absolute Gasteiger partial charge is 0.493 e. The van der Waals surface area contributed by atoms with Crippen molar-refractivity contribution in [3.8, 4) is 5.75 Å². The predicted octanol–water partition coefficient (Wildman–Crippen LogP) is 5.06. The van der Waals surface area contributed by atoms with E-state index >= 15 is 0 Å². The lowest BCUT2D eigenvalue weighted by Gasteiger charge is -2.56. The number of rotatable bonds is 9. The number of carbonyl (C=O) groups is 1. The van der Waals surface area contributed by atoms with Crippen molar-refractivity contribution in [2.24, 2.45) is 5.92 Å². The van der Waals surface area contributed by atoms with Crippen molar-refractivity contribution in [2.75, 3.05) is 26.2 Å². The summed E-state index contributed by atoms with van der Waals surface area (Å²) >= 11 is 2.77. The molecule has 0 saturated carbocycles. The minimum Gasteiger partial charge on any atom is -0.493 e. The fourth-order valence-electron chi connectivity index (χ4n) is 5.70. The van der Waals surface area contributed by atoms with E-state index in [-0.39, 0.29) is 6.10 Å². The standard InChI is InChI=1S/C27H32NO4S2/c1-20-18-21-12-14-28(20,13-7-15-31-22-8-3-2-4-9-22)19-23(21)32-26(29)27(30,24-10-5-16-33-24)25-11-6-17-34-25/h2-6,8-11,16-17,20-21,23,30H,7,12-15,18-19H2,1H3/q+1. The number of benzene rings is 1. The molecule has 4 atom stereocenters. The van der Waals surface area contributed by atoms with E-state index in [0.29, 0.717) is 28.3 Å². The molecule has 0 amide bonds. The summed E-state index contributed by atoms with van der Waals surface area (Å²) in [5.41, 5.74) is -1.74. The SMILES string of the molecule is CC1CC2CC[N+]1(CCCOc1ccccc1)CC2OC(=O)C(O)(c1cccs1)c1cccs1. The minimum absolute atomic E-state index is 0.168. The molecule has 4 unspecified atom stereocenters. The van der Waals surface area contributed by atoms with Gasteiger partial charge in [-0.15, -0.1) is 22.7 Å². The van der Waals surface area contributed by atoms with Crippen LogP contribution in [0.4, 0.5) is 0 Å². The van der Waals surface area contributed by atoms with Gasteiger partial charge >= 0.3 is 5.97 Å². The number of carbonyl (C=O) groups excluding carboxylic acids is 1. The molecule has 0 aliphatic carbocycles. The Morgan fingerprint density at radius 2 is 1.79 bits per heavy atom. The second-order valence-electron chi connectivity index (χ2n) is 9.61. The zero-order valence-electron chi connectivity index (χ0n) is 19.5. The van der Waals surface area contributed by atoms with Gasteiger partial charge in [-0.25, -0.2) is 4.79 Å². The maximum absolute atomic E-state index is 13.5. The van der Waals surface area contributed by atoms with Gasteiger partial charge in [0.15, 0.2) is 6.10 Å². The summed E-state index contributed by atoms with van der Waals surface area (Å²) in [6.45, 7) is 5.95. The second-order valence-corrected chi connectivity index (χ2v) is 11.5. The van der Waals surface area contributed by atoms with E-state index in [1.807, 2.05) is 65.4 Å². The maximum atomic E-state index is 13.5. The molecule has 2 bridgehead atoms. The van der Waals surface area contributed by atoms with Crippen LogP contribution in [0, 0.1) is 5.92 Å².